The smallest absolute Gasteiger partial charge is 0.306 e. The molecular formula is C74H132O6. The lowest BCUT2D eigenvalue weighted by molar-refractivity contribution is -0.167. The lowest BCUT2D eigenvalue weighted by Gasteiger charge is -2.18. The van der Waals surface area contributed by atoms with E-state index in [-0.39, 0.29) is 31.1 Å². The molecule has 0 saturated heterocycles. The molecule has 0 aliphatic rings. The summed E-state index contributed by atoms with van der Waals surface area (Å²) in [4.78, 5) is 38.4. The second-order valence-electron chi connectivity index (χ2n) is 23.4. The van der Waals surface area contributed by atoms with E-state index in [0.717, 1.165) is 122 Å². The first-order valence-corrected chi connectivity index (χ1v) is 34.9. The number of carbonyl (C=O) groups excluding carboxylic acids is 3. The first-order chi connectivity index (χ1) is 39.5. The molecule has 0 aliphatic heterocycles. The molecular weight excluding hydrogens is 985 g/mol. The second kappa shape index (κ2) is 68.3. The lowest BCUT2D eigenvalue weighted by Crippen LogP contribution is -2.30. The molecule has 0 radical (unpaired) electrons. The summed E-state index contributed by atoms with van der Waals surface area (Å²) in [5, 5.41) is 0. The van der Waals surface area contributed by atoms with Crippen molar-refractivity contribution >= 4 is 17.9 Å². The van der Waals surface area contributed by atoms with E-state index < -0.39 is 6.10 Å². The Bertz CT molecular complexity index is 1470. The summed E-state index contributed by atoms with van der Waals surface area (Å²) in [6.07, 6.45) is 89.4. The quantitative estimate of drug-likeness (QED) is 0.0261. The number of carbonyl (C=O) groups is 3. The normalized spacial score (nSPS) is 12.5. The monoisotopic (exact) mass is 1120 g/mol. The van der Waals surface area contributed by atoms with Crippen LogP contribution in [0.25, 0.3) is 0 Å². The van der Waals surface area contributed by atoms with Crippen molar-refractivity contribution in [2.75, 3.05) is 13.2 Å². The van der Waals surface area contributed by atoms with Gasteiger partial charge in [0.25, 0.3) is 0 Å². The molecule has 80 heavy (non-hydrogen) atoms. The predicted molar refractivity (Wildman–Crippen MR) is 348 cm³/mol. The fourth-order valence-corrected chi connectivity index (χ4v) is 10.2. The molecule has 0 aromatic carbocycles. The minimum atomic E-state index is -0.790. The van der Waals surface area contributed by atoms with Gasteiger partial charge in [-0.15, -0.1) is 0 Å². The Morgan fingerprint density at radius 1 is 0.263 bits per heavy atom. The molecule has 0 aromatic rings. The zero-order chi connectivity index (χ0) is 57.8. The van der Waals surface area contributed by atoms with Crippen LogP contribution in [0, 0.1) is 0 Å². The van der Waals surface area contributed by atoms with Gasteiger partial charge in [0, 0.05) is 19.3 Å². The van der Waals surface area contributed by atoms with Crippen molar-refractivity contribution in [2.45, 2.75) is 367 Å². The van der Waals surface area contributed by atoms with Gasteiger partial charge in [0.1, 0.15) is 13.2 Å². The number of unbranched alkanes of at least 4 members (excludes halogenated alkanes) is 41. The fourth-order valence-electron chi connectivity index (χ4n) is 10.2. The van der Waals surface area contributed by atoms with E-state index in [2.05, 4.69) is 93.7 Å². The van der Waals surface area contributed by atoms with Crippen molar-refractivity contribution in [1.82, 2.24) is 0 Å². The van der Waals surface area contributed by atoms with Crippen LogP contribution >= 0.6 is 0 Å². The first kappa shape index (κ1) is 76.9. The number of hydrogen-bond acceptors (Lipinski definition) is 6. The summed E-state index contributed by atoms with van der Waals surface area (Å²) in [6, 6.07) is 0. The molecule has 0 heterocycles. The van der Waals surface area contributed by atoms with E-state index in [1.807, 2.05) is 0 Å². The number of ether oxygens (including phenoxy) is 3. The Morgan fingerprint density at radius 3 is 0.787 bits per heavy atom. The third-order valence-corrected chi connectivity index (χ3v) is 15.4. The van der Waals surface area contributed by atoms with E-state index in [4.69, 9.17) is 14.2 Å². The van der Waals surface area contributed by atoms with Crippen LogP contribution in [0.3, 0.4) is 0 Å². The van der Waals surface area contributed by atoms with Gasteiger partial charge in [0.05, 0.1) is 0 Å². The van der Waals surface area contributed by atoms with Crippen molar-refractivity contribution < 1.29 is 28.6 Å². The van der Waals surface area contributed by atoms with Crippen LogP contribution in [-0.2, 0) is 28.6 Å². The molecule has 1 unspecified atom stereocenters. The maximum absolute atomic E-state index is 12.9. The number of hydrogen-bond donors (Lipinski definition) is 0. The zero-order valence-electron chi connectivity index (χ0n) is 53.3. The second-order valence-corrected chi connectivity index (χ2v) is 23.4. The minimum Gasteiger partial charge on any atom is -0.462 e. The van der Waals surface area contributed by atoms with E-state index in [1.165, 1.54) is 199 Å². The molecule has 0 amide bonds. The van der Waals surface area contributed by atoms with Crippen molar-refractivity contribution in [3.8, 4) is 0 Å². The highest BCUT2D eigenvalue weighted by Crippen LogP contribution is 2.18. The van der Waals surface area contributed by atoms with Crippen LogP contribution in [0.5, 0.6) is 0 Å². The Morgan fingerprint density at radius 2 is 0.487 bits per heavy atom. The third kappa shape index (κ3) is 65.7. The van der Waals surface area contributed by atoms with Gasteiger partial charge < -0.3 is 14.2 Å². The van der Waals surface area contributed by atoms with Crippen molar-refractivity contribution in [2.24, 2.45) is 0 Å². The van der Waals surface area contributed by atoms with Gasteiger partial charge in [-0.25, -0.2) is 0 Å². The molecule has 0 rings (SSSR count). The van der Waals surface area contributed by atoms with Crippen molar-refractivity contribution in [3.63, 3.8) is 0 Å². The molecule has 0 bridgehead atoms. The largest absolute Gasteiger partial charge is 0.462 e. The number of esters is 3. The number of rotatable bonds is 64. The van der Waals surface area contributed by atoms with E-state index >= 15 is 0 Å². The average molecular weight is 1120 g/mol. The van der Waals surface area contributed by atoms with E-state index in [1.54, 1.807) is 0 Å². The Hall–Kier alpha value is -3.15. The van der Waals surface area contributed by atoms with Crippen LogP contribution in [0.4, 0.5) is 0 Å². The van der Waals surface area contributed by atoms with Gasteiger partial charge in [-0.2, -0.15) is 0 Å². The number of allylic oxidation sites excluding steroid dienone is 12. The minimum absolute atomic E-state index is 0.0841. The highest BCUT2D eigenvalue weighted by Gasteiger charge is 2.19. The topological polar surface area (TPSA) is 78.9 Å². The maximum atomic E-state index is 12.9. The van der Waals surface area contributed by atoms with Gasteiger partial charge in [-0.05, 0) is 109 Å². The maximum Gasteiger partial charge on any atom is 0.306 e. The predicted octanol–water partition coefficient (Wildman–Crippen LogP) is 24.1. The fraction of sp³-hybridized carbons (Fsp3) is 0.797. The summed E-state index contributed by atoms with van der Waals surface area (Å²) in [6.45, 7) is 6.53. The summed E-state index contributed by atoms with van der Waals surface area (Å²) >= 11 is 0. The molecule has 0 aliphatic carbocycles. The Balaban J connectivity index is 4.20. The first-order valence-electron chi connectivity index (χ1n) is 34.9. The van der Waals surface area contributed by atoms with E-state index in [0.29, 0.717) is 19.3 Å². The van der Waals surface area contributed by atoms with Crippen LogP contribution < -0.4 is 0 Å². The summed E-state index contributed by atoms with van der Waals surface area (Å²) < 4.78 is 16.9. The summed E-state index contributed by atoms with van der Waals surface area (Å²) in [5.41, 5.74) is 0. The van der Waals surface area contributed by atoms with Gasteiger partial charge >= 0.3 is 17.9 Å². The molecule has 0 fully saturated rings. The Labute approximate surface area is 497 Å². The SMILES string of the molecule is CC/C=C\C/C=C\C/C=C\CCCCCCCC(=O)OCC(COC(=O)CCCCCCCCCCCCCCCCCCCCC/C=C\CCCCCCCCCC)OC(=O)CCCCCCC/C=C\C/C=C\CCCCCC. The highest BCUT2D eigenvalue weighted by molar-refractivity contribution is 5.71. The summed E-state index contributed by atoms with van der Waals surface area (Å²) in [5.74, 6) is -0.898. The molecule has 0 saturated carbocycles. The van der Waals surface area contributed by atoms with Crippen LogP contribution in [0.1, 0.15) is 361 Å². The van der Waals surface area contributed by atoms with Crippen LogP contribution in [0.15, 0.2) is 72.9 Å². The Kier molecular flexibility index (Phi) is 65.7. The molecule has 464 valence electrons. The van der Waals surface area contributed by atoms with Gasteiger partial charge in [0.15, 0.2) is 6.10 Å². The highest BCUT2D eigenvalue weighted by atomic mass is 16.6. The zero-order valence-corrected chi connectivity index (χ0v) is 53.3. The van der Waals surface area contributed by atoms with Gasteiger partial charge in [-0.1, -0.05) is 306 Å². The third-order valence-electron chi connectivity index (χ3n) is 15.4. The average Bonchev–Trinajstić information content (AvgIpc) is 3.46. The molecule has 6 heteroatoms. The molecule has 6 nitrogen and oxygen atoms in total. The van der Waals surface area contributed by atoms with Crippen LogP contribution in [-0.4, -0.2) is 37.2 Å². The van der Waals surface area contributed by atoms with Crippen LogP contribution in [0.2, 0.25) is 0 Å². The standard InChI is InChI=1S/C74H132O6/c1-4-7-10-13-16-19-22-25-28-30-31-32-33-34-35-36-37-38-39-40-41-42-43-44-47-49-52-55-58-61-64-67-73(76)79-70-71(69-78-72(75)66-63-60-57-54-51-48-45-27-24-21-18-15-12-9-6-3)80-74(77)68-65-62-59-56-53-50-46-29-26-23-20-17-14-11-8-5-2/h9,12,18,20-21,23,27,29-31,45-46,71H,4-8,10-11,13-17,19,22,24-26,28,32-44,47-70H2,1-3H3/b12-9-,21-18-,23-20-,31-30-,45-27-,46-29-. The molecule has 1 atom stereocenters. The van der Waals surface area contributed by atoms with Gasteiger partial charge in [0.2, 0.25) is 0 Å². The molecule has 0 spiro atoms. The van der Waals surface area contributed by atoms with E-state index in [9.17, 15) is 14.4 Å². The van der Waals surface area contributed by atoms with Crippen molar-refractivity contribution in [1.29, 1.82) is 0 Å². The molecule has 0 aromatic heterocycles. The lowest BCUT2D eigenvalue weighted by atomic mass is 10.0. The van der Waals surface area contributed by atoms with Gasteiger partial charge in [-0.3, -0.25) is 14.4 Å². The molecule has 0 N–H and O–H groups in total. The summed E-state index contributed by atoms with van der Waals surface area (Å²) in [7, 11) is 0. The van der Waals surface area contributed by atoms with Crippen molar-refractivity contribution in [3.05, 3.63) is 72.9 Å².